The third kappa shape index (κ3) is 2.45. The predicted octanol–water partition coefficient (Wildman–Crippen LogP) is 3.12. The molecule has 0 aromatic heterocycles. The molecule has 3 nitrogen and oxygen atoms in total. The van der Waals surface area contributed by atoms with Gasteiger partial charge in [-0.2, -0.15) is 0 Å². The molecule has 0 bridgehead atoms. The number of hydrogen-bond acceptors (Lipinski definition) is 3. The van der Waals surface area contributed by atoms with Crippen molar-refractivity contribution < 1.29 is 9.47 Å². The highest BCUT2D eigenvalue weighted by atomic mass is 35.5. The van der Waals surface area contributed by atoms with Gasteiger partial charge in [-0.25, -0.2) is 0 Å². The van der Waals surface area contributed by atoms with Crippen LogP contribution in [-0.2, 0) is 4.74 Å². The predicted molar refractivity (Wildman–Crippen MR) is 74.3 cm³/mol. The maximum Gasteiger partial charge on any atom is 0.213 e. The van der Waals surface area contributed by atoms with Gasteiger partial charge in [-0.1, -0.05) is 41.9 Å². The lowest BCUT2D eigenvalue weighted by Crippen LogP contribution is -2.35. The number of hydrogen-bond donors (Lipinski definition) is 1. The molecule has 98 valence electrons. The number of rotatable bonds is 2. The third-order valence-electron chi connectivity index (χ3n) is 3.10. The minimum absolute atomic E-state index is 0.197. The van der Waals surface area contributed by atoms with E-state index in [4.69, 9.17) is 26.8 Å². The second-order valence-electron chi connectivity index (χ2n) is 4.39. The van der Waals surface area contributed by atoms with E-state index in [0.29, 0.717) is 11.6 Å². The van der Waals surface area contributed by atoms with Crippen LogP contribution in [0.25, 0.3) is 0 Å². The lowest BCUT2D eigenvalue weighted by atomic mass is 9.99. The number of ether oxygens (including phenoxy) is 2. The van der Waals surface area contributed by atoms with E-state index in [-0.39, 0.29) is 6.10 Å². The van der Waals surface area contributed by atoms with Crippen LogP contribution in [-0.4, -0.2) is 12.8 Å². The Morgan fingerprint density at radius 3 is 2.63 bits per heavy atom. The zero-order chi connectivity index (χ0) is 13.2. The van der Waals surface area contributed by atoms with Gasteiger partial charge in [-0.05, 0) is 23.8 Å². The van der Waals surface area contributed by atoms with E-state index >= 15 is 0 Å². The lowest BCUT2D eigenvalue weighted by molar-refractivity contribution is -0.120. The second kappa shape index (κ2) is 5.21. The molecule has 0 unspecified atom stereocenters. The number of benzene rings is 2. The Bertz CT molecular complexity index is 574. The molecule has 0 saturated heterocycles. The van der Waals surface area contributed by atoms with Crippen LogP contribution < -0.4 is 10.5 Å². The van der Waals surface area contributed by atoms with E-state index in [1.807, 2.05) is 42.5 Å². The Balaban J connectivity index is 2.07. The summed E-state index contributed by atoms with van der Waals surface area (Å²) in [6, 6.07) is 15.5. The fourth-order valence-corrected chi connectivity index (χ4v) is 2.40. The summed E-state index contributed by atoms with van der Waals surface area (Å²) < 4.78 is 11.6. The van der Waals surface area contributed by atoms with Crippen molar-refractivity contribution in [3.63, 3.8) is 0 Å². The number of halogens is 1. The quantitative estimate of drug-likeness (QED) is 0.916. The van der Waals surface area contributed by atoms with Crippen molar-refractivity contribution >= 4 is 11.6 Å². The van der Waals surface area contributed by atoms with Crippen LogP contribution in [0, 0.1) is 0 Å². The van der Waals surface area contributed by atoms with Gasteiger partial charge in [0.05, 0.1) is 6.54 Å². The normalized spacial score (nSPS) is 21.6. The van der Waals surface area contributed by atoms with Crippen molar-refractivity contribution in [3.8, 4) is 5.75 Å². The summed E-state index contributed by atoms with van der Waals surface area (Å²) in [5, 5.41) is 0.665. The summed E-state index contributed by atoms with van der Waals surface area (Å²) in [5.41, 5.74) is 7.65. The molecular formula is C15H14ClNO2. The molecule has 3 rings (SSSR count). The first-order valence-corrected chi connectivity index (χ1v) is 6.52. The van der Waals surface area contributed by atoms with Gasteiger partial charge in [0.15, 0.2) is 0 Å². The molecule has 0 aliphatic carbocycles. The first-order chi connectivity index (χ1) is 9.28. The average Bonchev–Trinajstić information content (AvgIpc) is 2.47. The number of fused-ring (bicyclic) bond motifs is 1. The Kier molecular flexibility index (Phi) is 3.42. The highest BCUT2D eigenvalue weighted by molar-refractivity contribution is 6.30. The highest BCUT2D eigenvalue weighted by Crippen LogP contribution is 2.39. The van der Waals surface area contributed by atoms with Crippen LogP contribution in [0.4, 0.5) is 0 Å². The SMILES string of the molecule is NC[C@H]1Oc2ccc(Cl)cc2[C@@H](c2ccccc2)O1. The second-order valence-corrected chi connectivity index (χ2v) is 4.83. The van der Waals surface area contributed by atoms with Gasteiger partial charge in [0.25, 0.3) is 0 Å². The van der Waals surface area contributed by atoms with Crippen molar-refractivity contribution in [1.82, 2.24) is 0 Å². The van der Waals surface area contributed by atoms with E-state index in [0.717, 1.165) is 16.9 Å². The first-order valence-electron chi connectivity index (χ1n) is 6.14. The smallest absolute Gasteiger partial charge is 0.213 e. The number of nitrogens with two attached hydrogens (primary N) is 1. The van der Waals surface area contributed by atoms with E-state index in [1.165, 1.54) is 0 Å². The molecular weight excluding hydrogens is 262 g/mol. The Morgan fingerprint density at radius 1 is 1.11 bits per heavy atom. The van der Waals surface area contributed by atoms with Gasteiger partial charge in [-0.3, -0.25) is 0 Å². The molecule has 0 saturated carbocycles. The molecule has 2 aromatic rings. The van der Waals surface area contributed by atoms with Crippen molar-refractivity contribution in [1.29, 1.82) is 0 Å². The van der Waals surface area contributed by atoms with Crippen molar-refractivity contribution in [2.45, 2.75) is 12.4 Å². The average molecular weight is 276 g/mol. The topological polar surface area (TPSA) is 44.5 Å². The van der Waals surface area contributed by atoms with Crippen molar-refractivity contribution in [3.05, 3.63) is 64.7 Å². The Morgan fingerprint density at radius 2 is 1.89 bits per heavy atom. The van der Waals surface area contributed by atoms with Gasteiger partial charge in [0.2, 0.25) is 6.29 Å². The summed E-state index contributed by atoms with van der Waals surface area (Å²) in [5.74, 6) is 0.778. The van der Waals surface area contributed by atoms with Crippen LogP contribution in [0.1, 0.15) is 17.2 Å². The van der Waals surface area contributed by atoms with E-state index in [2.05, 4.69) is 0 Å². The van der Waals surface area contributed by atoms with Gasteiger partial charge < -0.3 is 15.2 Å². The standard InChI is InChI=1S/C15H14ClNO2/c16-11-6-7-13-12(8-11)15(19-14(9-17)18-13)10-4-2-1-3-5-10/h1-8,14-15H,9,17H2/t14-,15+/m0/s1. The summed E-state index contributed by atoms with van der Waals surface area (Å²) in [6.07, 6.45) is -0.629. The van der Waals surface area contributed by atoms with Gasteiger partial charge in [0, 0.05) is 10.6 Å². The van der Waals surface area contributed by atoms with Crippen molar-refractivity contribution in [2.75, 3.05) is 6.54 Å². The summed E-state index contributed by atoms with van der Waals surface area (Å²) in [4.78, 5) is 0. The molecule has 0 spiro atoms. The molecule has 2 N–H and O–H groups in total. The van der Waals surface area contributed by atoms with E-state index < -0.39 is 6.29 Å². The zero-order valence-corrected chi connectivity index (χ0v) is 11.0. The largest absolute Gasteiger partial charge is 0.463 e. The highest BCUT2D eigenvalue weighted by Gasteiger charge is 2.29. The molecule has 1 heterocycles. The van der Waals surface area contributed by atoms with Crippen molar-refractivity contribution in [2.24, 2.45) is 5.73 Å². The molecule has 0 fully saturated rings. The monoisotopic (exact) mass is 275 g/mol. The molecule has 2 atom stereocenters. The summed E-state index contributed by atoms with van der Waals surface area (Å²) in [6.45, 7) is 0.311. The molecule has 4 heteroatoms. The van der Waals surface area contributed by atoms with Gasteiger partial charge in [0.1, 0.15) is 11.9 Å². The molecule has 0 amide bonds. The van der Waals surface area contributed by atoms with Crippen LogP contribution in [0.3, 0.4) is 0 Å². The minimum Gasteiger partial charge on any atom is -0.463 e. The van der Waals surface area contributed by atoms with Gasteiger partial charge >= 0.3 is 0 Å². The maximum atomic E-state index is 6.06. The lowest BCUT2D eigenvalue weighted by Gasteiger charge is -2.32. The Hall–Kier alpha value is -1.55. The molecule has 1 aliphatic rings. The summed E-state index contributed by atoms with van der Waals surface area (Å²) in [7, 11) is 0. The van der Waals surface area contributed by atoms with Crippen LogP contribution in [0.2, 0.25) is 5.02 Å². The fourth-order valence-electron chi connectivity index (χ4n) is 2.22. The first kappa shape index (κ1) is 12.5. The Labute approximate surface area is 116 Å². The zero-order valence-electron chi connectivity index (χ0n) is 10.3. The van der Waals surface area contributed by atoms with Crippen LogP contribution in [0.5, 0.6) is 5.75 Å². The van der Waals surface area contributed by atoms with Crippen LogP contribution in [0.15, 0.2) is 48.5 Å². The maximum absolute atomic E-state index is 6.06. The van der Waals surface area contributed by atoms with Crippen LogP contribution >= 0.6 is 11.6 Å². The molecule has 0 radical (unpaired) electrons. The van der Waals surface area contributed by atoms with E-state index in [9.17, 15) is 0 Å². The van der Waals surface area contributed by atoms with Gasteiger partial charge in [-0.15, -0.1) is 0 Å². The molecule has 1 aliphatic heterocycles. The van der Waals surface area contributed by atoms with E-state index in [1.54, 1.807) is 6.07 Å². The minimum atomic E-state index is -0.432. The molecule has 19 heavy (non-hydrogen) atoms. The molecule has 2 aromatic carbocycles. The third-order valence-corrected chi connectivity index (χ3v) is 3.33. The summed E-state index contributed by atoms with van der Waals surface area (Å²) >= 11 is 6.06. The fraction of sp³-hybridized carbons (Fsp3) is 0.200.